The summed E-state index contributed by atoms with van der Waals surface area (Å²) in [5, 5.41) is 18.3. The number of aromatic nitrogens is 7. The SMILES string of the molecule is COc1cc2[nH]c(-c3[nH]ncc3NC(=O)c3nn(-c4ccc(F)cc4)nc3C)[nH+]c2cc1OC. The number of aryl methyl sites for hydroxylation is 1. The number of nitrogens with zero attached hydrogens (tertiary/aromatic N) is 4. The molecule has 12 heteroatoms. The Morgan fingerprint density at radius 3 is 2.59 bits per heavy atom. The van der Waals surface area contributed by atoms with Crippen LogP contribution in [0.5, 0.6) is 11.5 Å². The lowest BCUT2D eigenvalue weighted by atomic mass is 10.3. The van der Waals surface area contributed by atoms with Crippen LogP contribution >= 0.6 is 0 Å². The number of hydrogen-bond acceptors (Lipinski definition) is 6. The van der Waals surface area contributed by atoms with Gasteiger partial charge in [0.25, 0.3) is 5.91 Å². The minimum Gasteiger partial charge on any atom is -0.493 e. The van der Waals surface area contributed by atoms with Gasteiger partial charge in [0.2, 0.25) is 0 Å². The normalized spacial score (nSPS) is 11.1. The van der Waals surface area contributed by atoms with Gasteiger partial charge in [-0.3, -0.25) is 9.89 Å². The highest BCUT2D eigenvalue weighted by atomic mass is 19.1. The molecule has 3 aromatic heterocycles. The first-order valence-corrected chi connectivity index (χ1v) is 10.2. The Morgan fingerprint density at radius 2 is 1.85 bits per heavy atom. The highest BCUT2D eigenvalue weighted by molar-refractivity contribution is 6.05. The average Bonchev–Trinajstić information content (AvgIpc) is 3.56. The molecule has 3 heterocycles. The molecule has 0 saturated carbocycles. The number of fused-ring (bicyclic) bond motifs is 1. The summed E-state index contributed by atoms with van der Waals surface area (Å²) in [7, 11) is 3.13. The largest absolute Gasteiger partial charge is 0.493 e. The van der Waals surface area contributed by atoms with Crippen LogP contribution in [0.4, 0.5) is 10.1 Å². The van der Waals surface area contributed by atoms with Crippen LogP contribution in [-0.4, -0.2) is 50.3 Å². The summed E-state index contributed by atoms with van der Waals surface area (Å²) in [6.07, 6.45) is 1.49. The van der Waals surface area contributed by atoms with Gasteiger partial charge in [0.05, 0.1) is 37.5 Å². The van der Waals surface area contributed by atoms with Crippen molar-refractivity contribution in [2.45, 2.75) is 6.92 Å². The van der Waals surface area contributed by atoms with E-state index in [0.29, 0.717) is 40.1 Å². The van der Waals surface area contributed by atoms with Crippen molar-refractivity contribution in [2.75, 3.05) is 19.5 Å². The Hall–Kier alpha value is -4.74. The Morgan fingerprint density at radius 1 is 1.12 bits per heavy atom. The molecule has 11 nitrogen and oxygen atoms in total. The zero-order chi connectivity index (χ0) is 23.8. The number of benzene rings is 2. The fraction of sp³-hybridized carbons (Fsp3) is 0.136. The Bertz CT molecular complexity index is 1460. The van der Waals surface area contributed by atoms with Gasteiger partial charge >= 0.3 is 5.82 Å². The summed E-state index contributed by atoms with van der Waals surface area (Å²) in [6.45, 7) is 1.67. The lowest BCUT2D eigenvalue weighted by molar-refractivity contribution is -0.330. The molecule has 0 saturated heterocycles. The predicted molar refractivity (Wildman–Crippen MR) is 120 cm³/mol. The van der Waals surface area contributed by atoms with Crippen LogP contribution in [0.25, 0.3) is 28.2 Å². The number of amides is 1. The first kappa shape index (κ1) is 21.1. The summed E-state index contributed by atoms with van der Waals surface area (Å²) in [5.74, 6) is 0.908. The zero-order valence-electron chi connectivity index (χ0n) is 18.4. The number of hydrogen-bond donors (Lipinski definition) is 3. The van der Waals surface area contributed by atoms with E-state index >= 15 is 0 Å². The minimum atomic E-state index is -0.465. The van der Waals surface area contributed by atoms with Crippen LogP contribution < -0.4 is 19.8 Å². The Balaban J connectivity index is 1.43. The van der Waals surface area contributed by atoms with Crippen molar-refractivity contribution in [3.63, 3.8) is 0 Å². The van der Waals surface area contributed by atoms with E-state index in [2.05, 4.69) is 35.7 Å². The van der Waals surface area contributed by atoms with Gasteiger partial charge < -0.3 is 14.8 Å². The van der Waals surface area contributed by atoms with Gasteiger partial charge in [-0.15, -0.1) is 5.10 Å². The topological polar surface area (TPSA) is 137 Å². The second kappa shape index (κ2) is 8.31. The predicted octanol–water partition coefficient (Wildman–Crippen LogP) is 2.67. The summed E-state index contributed by atoms with van der Waals surface area (Å²) in [4.78, 5) is 20.7. The van der Waals surface area contributed by atoms with E-state index in [4.69, 9.17) is 9.47 Å². The molecule has 0 radical (unpaired) electrons. The molecule has 0 aliphatic rings. The van der Waals surface area contributed by atoms with Crippen LogP contribution in [-0.2, 0) is 0 Å². The van der Waals surface area contributed by atoms with Gasteiger partial charge in [0.1, 0.15) is 5.82 Å². The number of methoxy groups -OCH3 is 2. The van der Waals surface area contributed by atoms with Crippen LogP contribution in [0.3, 0.4) is 0 Å². The summed E-state index contributed by atoms with van der Waals surface area (Å²) in [6, 6.07) is 9.27. The monoisotopic (exact) mass is 463 g/mol. The van der Waals surface area contributed by atoms with Crippen LogP contribution in [0.2, 0.25) is 0 Å². The van der Waals surface area contributed by atoms with Gasteiger partial charge in [-0.05, 0) is 31.2 Å². The van der Waals surface area contributed by atoms with E-state index in [1.807, 2.05) is 0 Å². The molecular formula is C22H20FN8O3+. The first-order chi connectivity index (χ1) is 16.5. The molecular weight excluding hydrogens is 443 g/mol. The summed E-state index contributed by atoms with van der Waals surface area (Å²) < 4.78 is 23.9. The van der Waals surface area contributed by atoms with E-state index < -0.39 is 5.91 Å². The molecule has 5 aromatic rings. The third-order valence-electron chi connectivity index (χ3n) is 5.24. The molecule has 0 bridgehead atoms. The van der Waals surface area contributed by atoms with Crippen molar-refractivity contribution >= 4 is 22.6 Å². The average molecular weight is 463 g/mol. The van der Waals surface area contributed by atoms with Crippen LogP contribution in [0.1, 0.15) is 16.2 Å². The molecule has 172 valence electrons. The van der Waals surface area contributed by atoms with Crippen LogP contribution in [0.15, 0.2) is 42.6 Å². The lowest BCUT2D eigenvalue weighted by Crippen LogP contribution is -2.15. The maximum Gasteiger partial charge on any atom is 0.305 e. The van der Waals surface area contributed by atoms with E-state index in [1.165, 1.54) is 35.3 Å². The smallest absolute Gasteiger partial charge is 0.305 e. The second-order valence-electron chi connectivity index (χ2n) is 7.39. The molecule has 34 heavy (non-hydrogen) atoms. The number of rotatable bonds is 6. The van der Waals surface area contributed by atoms with Gasteiger partial charge in [0, 0.05) is 12.1 Å². The number of ether oxygens (including phenoxy) is 2. The van der Waals surface area contributed by atoms with E-state index in [1.54, 1.807) is 33.3 Å². The molecule has 0 unspecified atom stereocenters. The number of halogens is 1. The Kier molecular flexibility index (Phi) is 5.17. The number of imidazole rings is 1. The summed E-state index contributed by atoms with van der Waals surface area (Å²) in [5.41, 5.74) is 3.60. The fourth-order valence-corrected chi connectivity index (χ4v) is 3.54. The zero-order valence-corrected chi connectivity index (χ0v) is 18.4. The molecule has 0 aliphatic carbocycles. The van der Waals surface area contributed by atoms with Gasteiger partial charge in [-0.2, -0.15) is 15.0 Å². The fourth-order valence-electron chi connectivity index (χ4n) is 3.54. The lowest BCUT2D eigenvalue weighted by Gasteiger charge is -2.04. The van der Waals surface area contributed by atoms with Crippen molar-refractivity contribution in [1.29, 1.82) is 0 Å². The van der Waals surface area contributed by atoms with Crippen LogP contribution in [0, 0.1) is 12.7 Å². The highest BCUT2D eigenvalue weighted by Gasteiger charge is 2.23. The molecule has 0 aliphatic heterocycles. The van der Waals surface area contributed by atoms with Gasteiger partial charge in [-0.1, -0.05) is 0 Å². The maximum atomic E-state index is 13.2. The number of aromatic amines is 3. The maximum absolute atomic E-state index is 13.2. The number of carbonyl (C=O) groups excluding carboxylic acids is 1. The Labute approximate surface area is 191 Å². The number of anilines is 1. The molecule has 0 fully saturated rings. The van der Waals surface area contributed by atoms with Crippen molar-refractivity contribution in [3.8, 4) is 28.7 Å². The van der Waals surface area contributed by atoms with Crippen molar-refractivity contribution in [2.24, 2.45) is 0 Å². The van der Waals surface area contributed by atoms with Crippen molar-refractivity contribution in [3.05, 3.63) is 59.8 Å². The first-order valence-electron chi connectivity index (χ1n) is 10.2. The van der Waals surface area contributed by atoms with E-state index in [-0.39, 0.29) is 11.5 Å². The van der Waals surface area contributed by atoms with Crippen molar-refractivity contribution in [1.82, 2.24) is 30.2 Å². The number of carbonyl (C=O) groups is 1. The van der Waals surface area contributed by atoms with Gasteiger partial charge in [-0.25, -0.2) is 14.4 Å². The van der Waals surface area contributed by atoms with E-state index in [9.17, 15) is 9.18 Å². The second-order valence-corrected chi connectivity index (χ2v) is 7.39. The molecule has 4 N–H and O–H groups in total. The van der Waals surface area contributed by atoms with Gasteiger partial charge in [0.15, 0.2) is 33.9 Å². The molecule has 1 amide bonds. The molecule has 0 atom stereocenters. The van der Waals surface area contributed by atoms with E-state index in [0.717, 1.165) is 11.0 Å². The third-order valence-corrected chi connectivity index (χ3v) is 5.24. The molecule has 0 spiro atoms. The highest BCUT2D eigenvalue weighted by Crippen LogP contribution is 2.31. The standard InChI is InChI=1S/C22H19FN8O3/c1-11-19(30-31(29-11)13-6-4-12(23)5-7-13)22(32)27-16-10-24-28-20(16)21-25-14-8-17(33-2)18(34-3)9-15(14)26-21/h4-10H,1-3H3,(H,24,28)(H,25,26)(H,27,32)/p+1. The quantitative estimate of drug-likeness (QED) is 0.354. The molecule has 2 aromatic carbocycles. The summed E-state index contributed by atoms with van der Waals surface area (Å²) >= 11 is 0. The number of H-pyrrole nitrogens is 3. The molecule has 5 rings (SSSR count). The number of nitrogens with one attached hydrogen (secondary N) is 4. The third kappa shape index (κ3) is 3.70. The minimum absolute atomic E-state index is 0.131. The van der Waals surface area contributed by atoms with Crippen molar-refractivity contribution < 1.29 is 23.6 Å².